The van der Waals surface area contributed by atoms with Gasteiger partial charge < -0.3 is 10.6 Å². The standard InChI is InChI=1S/C21H21BrFN5OS/c22-15-2-3-16(14(11-15)12-23)25-18-5-4-17-20(27-18)30-21(26-17)28-19(29)6-1-13-7-9-24-10-8-13/h1-6,11,13,24H,7-10,12H2,(H,25,27)(H,26,28,29)/b6-1+. The van der Waals surface area contributed by atoms with Gasteiger partial charge in [-0.2, -0.15) is 0 Å². The second-order valence-corrected chi connectivity index (χ2v) is 8.93. The lowest BCUT2D eigenvalue weighted by atomic mass is 9.98. The summed E-state index contributed by atoms with van der Waals surface area (Å²) in [6.07, 6.45) is 5.67. The lowest BCUT2D eigenvalue weighted by molar-refractivity contribution is -0.111. The lowest BCUT2D eigenvalue weighted by Crippen LogP contribution is -2.26. The second-order valence-electron chi connectivity index (χ2n) is 7.04. The first-order chi connectivity index (χ1) is 14.6. The number of carbonyl (C=O) groups is 1. The Labute approximate surface area is 186 Å². The van der Waals surface area contributed by atoms with Crippen LogP contribution in [0.25, 0.3) is 10.3 Å². The number of anilines is 3. The number of carbonyl (C=O) groups excluding carboxylic acids is 1. The molecule has 3 N–H and O–H groups in total. The summed E-state index contributed by atoms with van der Waals surface area (Å²) in [5.41, 5.74) is 1.91. The molecule has 0 atom stereocenters. The predicted octanol–water partition coefficient (Wildman–Crippen LogP) is 5.16. The molecule has 1 aromatic carbocycles. The minimum Gasteiger partial charge on any atom is -0.340 e. The van der Waals surface area contributed by atoms with Crippen molar-refractivity contribution in [1.29, 1.82) is 0 Å². The molecule has 1 amide bonds. The number of thiazole rings is 1. The Kier molecular flexibility index (Phi) is 6.71. The van der Waals surface area contributed by atoms with Crippen molar-refractivity contribution in [1.82, 2.24) is 15.3 Å². The Morgan fingerprint density at radius 3 is 2.90 bits per heavy atom. The Morgan fingerprint density at radius 2 is 2.10 bits per heavy atom. The average molecular weight is 490 g/mol. The molecular weight excluding hydrogens is 469 g/mol. The average Bonchev–Trinajstić information content (AvgIpc) is 3.15. The van der Waals surface area contributed by atoms with E-state index in [1.54, 1.807) is 24.3 Å². The van der Waals surface area contributed by atoms with Gasteiger partial charge >= 0.3 is 0 Å². The van der Waals surface area contributed by atoms with Crippen LogP contribution in [0, 0.1) is 5.92 Å². The molecule has 1 aliphatic rings. The molecule has 9 heteroatoms. The Hall–Kier alpha value is -2.36. The summed E-state index contributed by atoms with van der Waals surface area (Å²) in [4.78, 5) is 21.9. The molecule has 2 aromatic heterocycles. The van der Waals surface area contributed by atoms with E-state index in [1.165, 1.54) is 11.3 Å². The molecule has 3 heterocycles. The summed E-state index contributed by atoms with van der Waals surface area (Å²) in [5, 5.41) is 9.78. The van der Waals surface area contributed by atoms with Crippen molar-refractivity contribution in [3.63, 3.8) is 0 Å². The monoisotopic (exact) mass is 489 g/mol. The summed E-state index contributed by atoms with van der Waals surface area (Å²) < 4.78 is 14.1. The molecule has 0 aliphatic carbocycles. The molecule has 1 fully saturated rings. The number of alkyl halides is 1. The number of allylic oxidation sites excluding steroid dienone is 1. The third kappa shape index (κ3) is 5.21. The van der Waals surface area contributed by atoms with Gasteiger partial charge in [0.25, 0.3) is 0 Å². The molecule has 0 radical (unpaired) electrons. The number of benzene rings is 1. The van der Waals surface area contributed by atoms with E-state index in [4.69, 9.17) is 0 Å². The van der Waals surface area contributed by atoms with Crippen molar-refractivity contribution >= 4 is 60.2 Å². The van der Waals surface area contributed by atoms with Crippen LogP contribution in [-0.2, 0) is 11.5 Å². The molecule has 3 aromatic rings. The number of halogens is 2. The Balaban J connectivity index is 1.44. The molecule has 0 unspecified atom stereocenters. The zero-order valence-electron chi connectivity index (χ0n) is 16.1. The van der Waals surface area contributed by atoms with Gasteiger partial charge in [-0.1, -0.05) is 33.3 Å². The van der Waals surface area contributed by atoms with E-state index in [0.717, 1.165) is 30.4 Å². The van der Waals surface area contributed by atoms with Crippen LogP contribution in [0.2, 0.25) is 0 Å². The highest BCUT2D eigenvalue weighted by molar-refractivity contribution is 9.10. The molecule has 0 saturated carbocycles. The highest BCUT2D eigenvalue weighted by atomic mass is 79.9. The fourth-order valence-corrected chi connectivity index (χ4v) is 4.53. The number of pyridine rings is 1. The van der Waals surface area contributed by atoms with Gasteiger partial charge in [-0.15, -0.1) is 0 Å². The van der Waals surface area contributed by atoms with Crippen molar-refractivity contribution in [3.05, 3.63) is 52.5 Å². The van der Waals surface area contributed by atoms with Gasteiger partial charge in [-0.25, -0.2) is 14.4 Å². The molecule has 4 rings (SSSR count). The van der Waals surface area contributed by atoms with Crippen LogP contribution in [0.5, 0.6) is 0 Å². The maximum atomic E-state index is 13.3. The van der Waals surface area contributed by atoms with Crippen LogP contribution in [0.4, 0.5) is 21.0 Å². The molecule has 6 nitrogen and oxygen atoms in total. The van der Waals surface area contributed by atoms with Crippen molar-refractivity contribution < 1.29 is 9.18 Å². The maximum absolute atomic E-state index is 13.3. The van der Waals surface area contributed by atoms with Gasteiger partial charge in [0.1, 0.15) is 22.8 Å². The predicted molar refractivity (Wildman–Crippen MR) is 123 cm³/mol. The minimum atomic E-state index is -0.578. The molecule has 30 heavy (non-hydrogen) atoms. The molecule has 1 aliphatic heterocycles. The number of nitrogens with one attached hydrogen (secondary N) is 3. The van der Waals surface area contributed by atoms with Crippen molar-refractivity contribution in [2.24, 2.45) is 5.92 Å². The first-order valence-electron chi connectivity index (χ1n) is 9.69. The van der Waals surface area contributed by atoms with Crippen LogP contribution in [0.3, 0.4) is 0 Å². The van der Waals surface area contributed by atoms with Crippen LogP contribution in [-0.4, -0.2) is 29.0 Å². The summed E-state index contributed by atoms with van der Waals surface area (Å²) in [6.45, 7) is 1.40. The van der Waals surface area contributed by atoms with Gasteiger partial charge in [0.15, 0.2) is 5.13 Å². The van der Waals surface area contributed by atoms with Crippen LogP contribution in [0.1, 0.15) is 18.4 Å². The SMILES string of the molecule is O=C(/C=C/C1CCNCC1)Nc1nc2ccc(Nc3ccc(Br)cc3CF)nc2s1. The lowest BCUT2D eigenvalue weighted by Gasteiger charge is -2.18. The zero-order valence-corrected chi connectivity index (χ0v) is 18.5. The van der Waals surface area contributed by atoms with Crippen LogP contribution in [0.15, 0.2) is 47.0 Å². The zero-order chi connectivity index (χ0) is 20.9. The quantitative estimate of drug-likeness (QED) is 0.416. The van der Waals surface area contributed by atoms with E-state index in [2.05, 4.69) is 41.8 Å². The van der Waals surface area contributed by atoms with Gasteiger partial charge in [0.05, 0.1) is 0 Å². The van der Waals surface area contributed by atoms with E-state index in [1.807, 2.05) is 18.2 Å². The smallest absolute Gasteiger partial charge is 0.249 e. The van der Waals surface area contributed by atoms with Crippen molar-refractivity contribution in [2.45, 2.75) is 19.5 Å². The molecule has 156 valence electrons. The number of aromatic nitrogens is 2. The third-order valence-corrected chi connectivity index (χ3v) is 6.24. The number of hydrogen-bond donors (Lipinski definition) is 3. The summed E-state index contributed by atoms with van der Waals surface area (Å²) in [7, 11) is 0. The minimum absolute atomic E-state index is 0.187. The molecule has 0 bridgehead atoms. The normalized spacial score (nSPS) is 15.0. The Bertz CT molecular complexity index is 1080. The number of amides is 1. The van der Waals surface area contributed by atoms with Gasteiger partial charge in [-0.3, -0.25) is 10.1 Å². The summed E-state index contributed by atoms with van der Waals surface area (Å²) in [5.74, 6) is 0.843. The first kappa shape index (κ1) is 20.9. The van der Waals surface area contributed by atoms with E-state index < -0.39 is 6.67 Å². The van der Waals surface area contributed by atoms with Crippen molar-refractivity contribution in [3.8, 4) is 0 Å². The largest absolute Gasteiger partial charge is 0.340 e. The summed E-state index contributed by atoms with van der Waals surface area (Å²) >= 11 is 4.66. The fraction of sp³-hybridized carbons (Fsp3) is 0.286. The number of hydrogen-bond acceptors (Lipinski definition) is 6. The third-order valence-electron chi connectivity index (χ3n) is 4.86. The first-order valence-corrected chi connectivity index (χ1v) is 11.3. The number of fused-ring (bicyclic) bond motifs is 1. The van der Waals surface area contributed by atoms with E-state index >= 15 is 0 Å². The molecular formula is C21H21BrFN5OS. The van der Waals surface area contributed by atoms with E-state index in [-0.39, 0.29) is 5.91 Å². The van der Waals surface area contributed by atoms with E-state index in [9.17, 15) is 9.18 Å². The van der Waals surface area contributed by atoms with Crippen LogP contribution < -0.4 is 16.0 Å². The highest BCUT2D eigenvalue weighted by Crippen LogP contribution is 2.29. The van der Waals surface area contributed by atoms with Gasteiger partial charge in [-0.05, 0) is 68.3 Å². The Morgan fingerprint density at radius 1 is 1.27 bits per heavy atom. The molecule has 1 saturated heterocycles. The van der Waals surface area contributed by atoms with Crippen LogP contribution >= 0.6 is 27.3 Å². The number of rotatable bonds is 6. The maximum Gasteiger partial charge on any atom is 0.249 e. The number of piperidine rings is 1. The van der Waals surface area contributed by atoms with Crippen molar-refractivity contribution in [2.75, 3.05) is 23.7 Å². The van der Waals surface area contributed by atoms with Gasteiger partial charge in [0.2, 0.25) is 5.91 Å². The topological polar surface area (TPSA) is 78.9 Å². The highest BCUT2D eigenvalue weighted by Gasteiger charge is 2.12. The number of nitrogens with zero attached hydrogens (tertiary/aromatic N) is 2. The fourth-order valence-electron chi connectivity index (χ4n) is 3.28. The second kappa shape index (κ2) is 9.63. The van der Waals surface area contributed by atoms with E-state index in [0.29, 0.717) is 38.5 Å². The van der Waals surface area contributed by atoms with Gasteiger partial charge in [0, 0.05) is 15.7 Å². The molecule has 0 spiro atoms. The summed E-state index contributed by atoms with van der Waals surface area (Å²) in [6, 6.07) is 9.00.